The molecular weight excluding hydrogens is 504 g/mol. The van der Waals surface area contributed by atoms with Gasteiger partial charge in [-0.3, -0.25) is 8.98 Å². The molecule has 9 heteroatoms. The van der Waals surface area contributed by atoms with Crippen LogP contribution in [0.4, 0.5) is 0 Å². The summed E-state index contributed by atoms with van der Waals surface area (Å²) in [5.74, 6) is 0.670. The Morgan fingerprint density at radius 3 is 2.31 bits per heavy atom. The normalized spacial score (nSPS) is 13.1. The monoisotopic (exact) mass is 534 g/mol. The van der Waals surface area contributed by atoms with Gasteiger partial charge in [0.15, 0.2) is 0 Å². The molecule has 0 radical (unpaired) electrons. The lowest BCUT2D eigenvalue weighted by molar-refractivity contribution is 0.215. The van der Waals surface area contributed by atoms with E-state index >= 15 is 0 Å². The minimum atomic E-state index is -3.74. The number of hydrogen-bond acceptors (Lipinski definition) is 6. The van der Waals surface area contributed by atoms with E-state index in [-0.39, 0.29) is 15.5 Å². The van der Waals surface area contributed by atoms with Gasteiger partial charge in [0.1, 0.15) is 5.02 Å². The quantitative estimate of drug-likeness (QED) is 0.232. The summed E-state index contributed by atoms with van der Waals surface area (Å²) in [4.78, 5) is 13.3. The molecule has 1 unspecified atom stereocenters. The van der Waals surface area contributed by atoms with Crippen molar-refractivity contribution in [2.45, 2.75) is 74.1 Å². The third-order valence-corrected chi connectivity index (χ3v) is 8.35. The Kier molecular flexibility index (Phi) is 9.21. The Hall–Kier alpha value is -2.13. The summed E-state index contributed by atoms with van der Waals surface area (Å²) in [5, 5.41) is 4.47. The van der Waals surface area contributed by atoms with Crippen molar-refractivity contribution in [2.75, 3.05) is 0 Å². The highest BCUT2D eigenvalue weighted by Gasteiger charge is 2.20. The van der Waals surface area contributed by atoms with Gasteiger partial charge in [-0.2, -0.15) is 13.5 Å². The van der Waals surface area contributed by atoms with Crippen molar-refractivity contribution in [2.24, 2.45) is 0 Å². The molecule has 1 aromatic heterocycles. The number of thioether (sulfide) groups is 1. The number of aromatic nitrogens is 2. The molecule has 3 rings (SSSR count). The summed E-state index contributed by atoms with van der Waals surface area (Å²) in [6, 6.07) is 16.4. The van der Waals surface area contributed by atoms with Gasteiger partial charge in [-0.15, -0.1) is 11.8 Å². The number of hydrogen-bond donors (Lipinski definition) is 0. The molecule has 0 amide bonds. The number of aryl methyl sites for hydroxylation is 1. The summed E-state index contributed by atoms with van der Waals surface area (Å²) in [5.41, 5.74) is 1.57. The van der Waals surface area contributed by atoms with Crippen LogP contribution in [-0.4, -0.2) is 24.3 Å². The molecule has 1 heterocycles. The summed E-state index contributed by atoms with van der Waals surface area (Å²) in [6.45, 7) is 7.51. The largest absolute Gasteiger partial charge is 0.297 e. The van der Waals surface area contributed by atoms with Crippen LogP contribution in [0.1, 0.15) is 51.7 Å². The van der Waals surface area contributed by atoms with Crippen molar-refractivity contribution < 1.29 is 12.6 Å². The van der Waals surface area contributed by atoms with Crippen LogP contribution >= 0.6 is 23.4 Å². The van der Waals surface area contributed by atoms with Gasteiger partial charge in [-0.1, -0.05) is 54.1 Å². The second kappa shape index (κ2) is 11.7. The molecule has 188 valence electrons. The predicted octanol–water partition coefficient (Wildman–Crippen LogP) is 6.06. The van der Waals surface area contributed by atoms with Crippen molar-refractivity contribution in [1.82, 2.24) is 9.78 Å². The summed E-state index contributed by atoms with van der Waals surface area (Å²) >= 11 is 7.79. The molecule has 0 saturated carbocycles. The molecule has 3 aromatic rings. The van der Waals surface area contributed by atoms with Crippen molar-refractivity contribution in [3.63, 3.8) is 0 Å². The molecule has 2 aromatic carbocycles. The van der Waals surface area contributed by atoms with Gasteiger partial charge in [0, 0.05) is 5.75 Å². The molecule has 0 aliphatic rings. The van der Waals surface area contributed by atoms with E-state index in [9.17, 15) is 13.2 Å². The first-order valence-corrected chi connectivity index (χ1v) is 14.2. The van der Waals surface area contributed by atoms with Crippen molar-refractivity contribution in [1.29, 1.82) is 0 Å². The van der Waals surface area contributed by atoms with Crippen LogP contribution in [-0.2, 0) is 32.0 Å². The predicted molar refractivity (Wildman–Crippen MR) is 142 cm³/mol. The smallest absolute Gasteiger partial charge is 0.266 e. The number of halogens is 1. The van der Waals surface area contributed by atoms with Gasteiger partial charge in [0.05, 0.1) is 27.6 Å². The summed E-state index contributed by atoms with van der Waals surface area (Å²) in [7, 11) is -3.74. The van der Waals surface area contributed by atoms with Gasteiger partial charge < -0.3 is 0 Å². The zero-order valence-corrected chi connectivity index (χ0v) is 22.8. The van der Waals surface area contributed by atoms with Gasteiger partial charge in [-0.25, -0.2) is 4.68 Å². The highest BCUT2D eigenvalue weighted by molar-refractivity contribution is 7.98. The van der Waals surface area contributed by atoms with Gasteiger partial charge in [0.2, 0.25) is 0 Å². The van der Waals surface area contributed by atoms with Crippen LogP contribution < -0.4 is 5.56 Å². The van der Waals surface area contributed by atoms with E-state index < -0.39 is 21.8 Å². The third-order valence-electron chi connectivity index (χ3n) is 5.34. The molecule has 0 aliphatic carbocycles. The Bertz CT molecular complexity index is 1290. The Balaban J connectivity index is 1.48. The van der Waals surface area contributed by atoms with Crippen LogP contribution in [0, 0.1) is 0 Å². The number of benzene rings is 2. The summed E-state index contributed by atoms with van der Waals surface area (Å²) in [6.07, 6.45) is 3.52. The van der Waals surface area contributed by atoms with Crippen LogP contribution in [0.25, 0.3) is 0 Å². The van der Waals surface area contributed by atoms with E-state index in [1.54, 1.807) is 31.3 Å². The molecule has 0 saturated heterocycles. The van der Waals surface area contributed by atoms with Crippen LogP contribution in [0.15, 0.2) is 75.4 Å². The van der Waals surface area contributed by atoms with E-state index in [1.165, 1.54) is 34.1 Å². The lowest BCUT2D eigenvalue weighted by Crippen LogP contribution is -2.36. The van der Waals surface area contributed by atoms with E-state index in [2.05, 4.69) is 29.4 Å². The van der Waals surface area contributed by atoms with E-state index in [4.69, 9.17) is 15.8 Å². The molecule has 0 fully saturated rings. The average Bonchev–Trinajstić information content (AvgIpc) is 2.80. The van der Waals surface area contributed by atoms with Crippen molar-refractivity contribution in [3.8, 4) is 0 Å². The van der Waals surface area contributed by atoms with E-state index in [1.807, 2.05) is 20.8 Å². The van der Waals surface area contributed by atoms with E-state index in [0.717, 1.165) is 18.4 Å². The molecular formula is C26H31ClN2O4S2. The molecule has 6 nitrogen and oxygen atoms in total. The maximum atomic E-state index is 12.5. The third kappa shape index (κ3) is 7.67. The van der Waals surface area contributed by atoms with Crippen LogP contribution in [0.5, 0.6) is 0 Å². The maximum Gasteiger partial charge on any atom is 0.297 e. The number of rotatable bonds is 10. The van der Waals surface area contributed by atoms with Gasteiger partial charge in [0.25, 0.3) is 15.7 Å². The maximum absolute atomic E-state index is 12.5. The second-order valence-corrected chi connectivity index (χ2v) is 12.3. The Labute approximate surface area is 216 Å². The van der Waals surface area contributed by atoms with Crippen LogP contribution in [0.3, 0.4) is 0 Å². The van der Waals surface area contributed by atoms with Gasteiger partial charge in [-0.05, 0) is 70.2 Å². The molecule has 0 N–H and O–H groups in total. The topological polar surface area (TPSA) is 78.3 Å². The SMILES string of the molecule is CC(CCCc1ccc(CSc2cnn(C(C)(C)C)c(=O)c2Cl)cc1)OS(=O)(=O)c1ccccc1. The zero-order chi connectivity index (χ0) is 25.6. The first-order valence-electron chi connectivity index (χ1n) is 11.4. The van der Waals surface area contributed by atoms with Crippen molar-refractivity contribution in [3.05, 3.63) is 87.3 Å². The highest BCUT2D eigenvalue weighted by atomic mass is 35.5. The fourth-order valence-electron chi connectivity index (χ4n) is 3.46. The molecule has 0 bridgehead atoms. The Morgan fingerprint density at radius 1 is 1.06 bits per heavy atom. The first-order chi connectivity index (χ1) is 16.5. The van der Waals surface area contributed by atoms with E-state index in [0.29, 0.717) is 17.1 Å². The Morgan fingerprint density at radius 2 is 1.69 bits per heavy atom. The standard InChI is InChI=1S/C26H31ClN2O4S2/c1-19(33-35(31,32)22-11-6-5-7-12-22)9-8-10-20-13-15-21(16-14-20)18-34-23-17-28-29(26(2,3)4)25(30)24(23)27/h5-7,11-17,19H,8-10,18H2,1-4H3. The number of nitrogens with zero attached hydrogens (tertiary/aromatic N) is 2. The molecule has 0 aliphatic heterocycles. The van der Waals surface area contributed by atoms with Crippen LogP contribution in [0.2, 0.25) is 5.02 Å². The molecule has 35 heavy (non-hydrogen) atoms. The highest BCUT2D eigenvalue weighted by Crippen LogP contribution is 2.28. The fourth-order valence-corrected chi connectivity index (χ4v) is 5.73. The minimum absolute atomic E-state index is 0.174. The fraction of sp³-hybridized carbons (Fsp3) is 0.385. The zero-order valence-electron chi connectivity index (χ0n) is 20.4. The lowest BCUT2D eigenvalue weighted by atomic mass is 10.1. The average molecular weight is 535 g/mol. The van der Waals surface area contributed by atoms with Gasteiger partial charge >= 0.3 is 0 Å². The molecule has 0 spiro atoms. The van der Waals surface area contributed by atoms with Crippen molar-refractivity contribution >= 4 is 33.5 Å². The lowest BCUT2D eigenvalue weighted by Gasteiger charge is -2.21. The minimum Gasteiger partial charge on any atom is -0.266 e. The molecule has 1 atom stereocenters. The summed E-state index contributed by atoms with van der Waals surface area (Å²) < 4.78 is 31.4. The first kappa shape index (κ1) is 27.5. The second-order valence-electron chi connectivity index (χ2n) is 9.38.